The van der Waals surface area contributed by atoms with Crippen LogP contribution in [0, 0.1) is 17.5 Å². The molecule has 1 unspecified atom stereocenters. The smallest absolute Gasteiger partial charge is 0.325 e. The summed E-state index contributed by atoms with van der Waals surface area (Å²) >= 11 is 0. The van der Waals surface area contributed by atoms with Gasteiger partial charge in [-0.05, 0) is 24.6 Å². The van der Waals surface area contributed by atoms with Crippen molar-refractivity contribution in [1.82, 2.24) is 5.32 Å². The lowest BCUT2D eigenvalue weighted by Crippen LogP contribution is -2.30. The van der Waals surface area contributed by atoms with Gasteiger partial charge in [-0.15, -0.1) is 0 Å². The maximum atomic E-state index is 13.5. The van der Waals surface area contributed by atoms with Gasteiger partial charge in [0.25, 0.3) is 0 Å². The monoisotopic (exact) mass is 288 g/mol. The van der Waals surface area contributed by atoms with E-state index in [1.807, 2.05) is 0 Å². The van der Waals surface area contributed by atoms with Gasteiger partial charge in [0, 0.05) is 23.1 Å². The first-order valence-electron chi connectivity index (χ1n) is 5.59. The number of carbonyl (C=O) groups is 1. The zero-order chi connectivity index (χ0) is 15.1. The van der Waals surface area contributed by atoms with Gasteiger partial charge in [-0.25, -0.2) is 13.2 Å². The highest BCUT2D eigenvalue weighted by Gasteiger charge is 2.24. The third kappa shape index (κ3) is 4.15. The van der Waals surface area contributed by atoms with Gasteiger partial charge in [0.15, 0.2) is 11.6 Å². The number of carboxylic acid groups (broad SMARTS) is 1. The summed E-state index contributed by atoms with van der Waals surface area (Å²) in [5.41, 5.74) is 7.55. The topological polar surface area (TPSA) is 98.1 Å². The van der Waals surface area contributed by atoms with Crippen LogP contribution >= 0.6 is 0 Å². The first-order valence-corrected chi connectivity index (χ1v) is 5.59. The predicted molar refractivity (Wildman–Crippen MR) is 63.3 cm³/mol. The highest BCUT2D eigenvalue weighted by Crippen LogP contribution is 2.20. The van der Waals surface area contributed by atoms with Gasteiger partial charge in [-0.3, -0.25) is 4.79 Å². The van der Waals surface area contributed by atoms with E-state index < -0.39 is 35.0 Å². The van der Waals surface area contributed by atoms with Gasteiger partial charge < -0.3 is 10.4 Å². The Hall–Kier alpha value is -2.25. The Kier molecular flexibility index (Phi) is 5.82. The Labute approximate surface area is 111 Å². The van der Waals surface area contributed by atoms with E-state index in [-0.39, 0.29) is 13.1 Å². The van der Waals surface area contributed by atoms with Gasteiger partial charge >= 0.3 is 5.97 Å². The summed E-state index contributed by atoms with van der Waals surface area (Å²) in [5.74, 6) is -5.31. The highest BCUT2D eigenvalue weighted by atomic mass is 19.2. The molecule has 9 heteroatoms. The van der Waals surface area contributed by atoms with E-state index in [0.29, 0.717) is 18.6 Å². The molecule has 1 atom stereocenters. The van der Waals surface area contributed by atoms with Crippen LogP contribution in [-0.4, -0.2) is 24.2 Å². The number of rotatable bonds is 7. The van der Waals surface area contributed by atoms with Crippen LogP contribution in [0.2, 0.25) is 0 Å². The number of hydrogen-bond acceptors (Lipinski definition) is 3. The summed E-state index contributed by atoms with van der Waals surface area (Å²) in [6.07, 6.45) is 0.319. The fourth-order valence-electron chi connectivity index (χ4n) is 1.53. The largest absolute Gasteiger partial charge is 0.480 e. The SMILES string of the molecule is [N-]=[N+]=NCCCNC(C(=O)O)c1cc(F)c(F)cc1F. The van der Waals surface area contributed by atoms with E-state index in [0.717, 1.165) is 0 Å². The standard InChI is InChI=1S/C11H11F3N4O2/c12-7-5-9(14)8(13)4-6(7)10(11(19)20)16-2-1-3-17-18-15/h4-5,10,16H,1-3H2,(H,19,20). The quantitative estimate of drug-likeness (QED) is 0.265. The van der Waals surface area contributed by atoms with Crippen molar-refractivity contribution in [2.75, 3.05) is 13.1 Å². The molecule has 0 amide bonds. The third-order valence-corrected chi connectivity index (χ3v) is 2.44. The average Bonchev–Trinajstić information content (AvgIpc) is 2.38. The van der Waals surface area contributed by atoms with Crippen molar-refractivity contribution in [2.24, 2.45) is 5.11 Å². The molecule has 1 aromatic rings. The Morgan fingerprint density at radius 2 is 2.00 bits per heavy atom. The molecule has 0 aliphatic carbocycles. The minimum absolute atomic E-state index is 0.106. The number of halogens is 3. The van der Waals surface area contributed by atoms with Gasteiger partial charge in [0.1, 0.15) is 11.9 Å². The van der Waals surface area contributed by atoms with Crippen LogP contribution in [0.4, 0.5) is 13.2 Å². The van der Waals surface area contributed by atoms with Crippen molar-refractivity contribution in [3.05, 3.63) is 45.6 Å². The van der Waals surface area contributed by atoms with E-state index in [1.54, 1.807) is 0 Å². The zero-order valence-corrected chi connectivity index (χ0v) is 10.2. The Morgan fingerprint density at radius 3 is 2.60 bits per heavy atom. The molecule has 0 spiro atoms. The van der Waals surface area contributed by atoms with Crippen molar-refractivity contribution < 1.29 is 23.1 Å². The first-order chi connectivity index (χ1) is 9.47. The Balaban J connectivity index is 2.83. The van der Waals surface area contributed by atoms with Crippen LogP contribution in [-0.2, 0) is 4.79 Å². The van der Waals surface area contributed by atoms with Gasteiger partial charge in [0.2, 0.25) is 0 Å². The second-order valence-corrected chi connectivity index (χ2v) is 3.82. The highest BCUT2D eigenvalue weighted by molar-refractivity contribution is 5.75. The van der Waals surface area contributed by atoms with E-state index in [2.05, 4.69) is 15.3 Å². The average molecular weight is 288 g/mol. The van der Waals surface area contributed by atoms with E-state index in [9.17, 15) is 18.0 Å². The number of azide groups is 1. The molecular formula is C11H11F3N4O2. The van der Waals surface area contributed by atoms with E-state index in [4.69, 9.17) is 10.6 Å². The minimum atomic E-state index is -1.52. The third-order valence-electron chi connectivity index (χ3n) is 2.44. The molecule has 6 nitrogen and oxygen atoms in total. The van der Waals surface area contributed by atoms with Crippen LogP contribution in [0.5, 0.6) is 0 Å². The number of aliphatic carboxylic acids is 1. The Bertz CT molecular complexity index is 547. The molecule has 0 radical (unpaired) electrons. The van der Waals surface area contributed by atoms with Crippen LogP contribution in [0.1, 0.15) is 18.0 Å². The second-order valence-electron chi connectivity index (χ2n) is 3.82. The summed E-state index contributed by atoms with van der Waals surface area (Å²) in [6.45, 7) is 0.241. The molecule has 0 fully saturated rings. The molecule has 0 heterocycles. The van der Waals surface area contributed by atoms with Crippen molar-refractivity contribution in [3.63, 3.8) is 0 Å². The lowest BCUT2D eigenvalue weighted by Gasteiger charge is -2.15. The molecule has 0 saturated carbocycles. The molecule has 0 aliphatic heterocycles. The minimum Gasteiger partial charge on any atom is -0.480 e. The van der Waals surface area contributed by atoms with Crippen LogP contribution in [0.15, 0.2) is 17.2 Å². The fraction of sp³-hybridized carbons (Fsp3) is 0.364. The number of carboxylic acids is 1. The molecule has 20 heavy (non-hydrogen) atoms. The molecule has 0 aliphatic rings. The van der Waals surface area contributed by atoms with Gasteiger partial charge in [0.05, 0.1) is 0 Å². The van der Waals surface area contributed by atoms with Gasteiger partial charge in [-0.2, -0.15) is 0 Å². The molecule has 2 N–H and O–H groups in total. The summed E-state index contributed by atoms with van der Waals surface area (Å²) in [6, 6.07) is -0.720. The number of nitrogens with zero attached hydrogens (tertiary/aromatic N) is 3. The van der Waals surface area contributed by atoms with Crippen molar-refractivity contribution in [3.8, 4) is 0 Å². The van der Waals surface area contributed by atoms with Crippen molar-refractivity contribution in [2.45, 2.75) is 12.5 Å². The fourth-order valence-corrected chi connectivity index (χ4v) is 1.53. The lowest BCUT2D eigenvalue weighted by molar-refractivity contribution is -0.139. The molecule has 1 rings (SSSR count). The molecular weight excluding hydrogens is 277 g/mol. The van der Waals surface area contributed by atoms with Crippen molar-refractivity contribution >= 4 is 5.97 Å². The van der Waals surface area contributed by atoms with Crippen LogP contribution < -0.4 is 5.32 Å². The number of nitrogens with one attached hydrogen (secondary N) is 1. The second kappa shape index (κ2) is 7.37. The summed E-state index contributed by atoms with van der Waals surface area (Å²) in [7, 11) is 0. The predicted octanol–water partition coefficient (Wildman–Crippen LogP) is 2.52. The summed E-state index contributed by atoms with van der Waals surface area (Å²) in [4.78, 5) is 13.6. The zero-order valence-electron chi connectivity index (χ0n) is 10.2. The maximum absolute atomic E-state index is 13.5. The number of hydrogen-bond donors (Lipinski definition) is 2. The van der Waals surface area contributed by atoms with Crippen molar-refractivity contribution in [1.29, 1.82) is 0 Å². The first kappa shape index (κ1) is 15.8. The van der Waals surface area contributed by atoms with Crippen LogP contribution in [0.3, 0.4) is 0 Å². The maximum Gasteiger partial charge on any atom is 0.325 e. The normalized spacial score (nSPS) is 11.8. The number of benzene rings is 1. The molecule has 0 aromatic heterocycles. The molecule has 1 aromatic carbocycles. The van der Waals surface area contributed by atoms with Gasteiger partial charge in [-0.1, -0.05) is 5.11 Å². The van der Waals surface area contributed by atoms with E-state index in [1.165, 1.54) is 0 Å². The van der Waals surface area contributed by atoms with E-state index >= 15 is 0 Å². The molecule has 0 bridgehead atoms. The molecule has 0 saturated heterocycles. The molecule has 108 valence electrons. The van der Waals surface area contributed by atoms with Crippen LogP contribution in [0.25, 0.3) is 10.4 Å². The lowest BCUT2D eigenvalue weighted by atomic mass is 10.1. The Morgan fingerprint density at radius 1 is 1.35 bits per heavy atom. The summed E-state index contributed by atoms with van der Waals surface area (Å²) in [5, 5.41) is 14.7. The summed E-state index contributed by atoms with van der Waals surface area (Å²) < 4.78 is 39.3.